The molecule has 1 N–H and O–H groups in total. The molecule has 1 aromatic heterocycles. The maximum Gasteiger partial charge on any atom is 0.236 e. The monoisotopic (exact) mass is 367 g/mol. The van der Waals surface area contributed by atoms with E-state index in [4.69, 9.17) is 18.7 Å². The molecule has 0 atom stereocenters. The number of nitrogens with zero attached hydrogens (tertiary/aromatic N) is 2. The maximum absolute atomic E-state index is 12.1. The first-order chi connectivity index (χ1) is 13.2. The van der Waals surface area contributed by atoms with Crippen LogP contribution in [0.4, 0.5) is 0 Å². The second-order valence-corrected chi connectivity index (χ2v) is 5.88. The van der Waals surface area contributed by atoms with E-state index in [-0.39, 0.29) is 25.0 Å². The zero-order chi connectivity index (χ0) is 18.6. The van der Waals surface area contributed by atoms with Crippen LogP contribution in [-0.2, 0) is 17.8 Å². The molecule has 0 spiro atoms. The topological polar surface area (TPSA) is 95.7 Å². The number of rotatable bonds is 6. The lowest BCUT2D eigenvalue weighted by molar-refractivity contribution is -0.120. The van der Waals surface area contributed by atoms with Gasteiger partial charge in [-0.1, -0.05) is 11.2 Å². The molecule has 1 aliphatic rings. The van der Waals surface area contributed by atoms with E-state index >= 15 is 0 Å². The molecule has 2 heterocycles. The lowest BCUT2D eigenvalue weighted by Crippen LogP contribution is -2.24. The molecule has 3 aromatic rings. The van der Waals surface area contributed by atoms with Gasteiger partial charge in [0.25, 0.3) is 0 Å². The Balaban J connectivity index is 1.33. The number of hydrogen-bond acceptors (Lipinski definition) is 7. The van der Waals surface area contributed by atoms with Crippen molar-refractivity contribution >= 4 is 5.91 Å². The smallest absolute Gasteiger partial charge is 0.236 e. The fourth-order valence-corrected chi connectivity index (χ4v) is 2.64. The van der Waals surface area contributed by atoms with Crippen molar-refractivity contribution in [1.82, 2.24) is 15.5 Å². The number of benzene rings is 2. The summed E-state index contributed by atoms with van der Waals surface area (Å²) in [5.74, 6) is 2.60. The zero-order valence-electron chi connectivity index (χ0n) is 14.6. The zero-order valence-corrected chi connectivity index (χ0v) is 14.6. The maximum atomic E-state index is 12.1. The van der Waals surface area contributed by atoms with Crippen LogP contribution in [0.1, 0.15) is 11.5 Å². The molecule has 0 aliphatic carbocycles. The lowest BCUT2D eigenvalue weighted by atomic mass is 10.2. The predicted molar refractivity (Wildman–Crippen MR) is 94.4 cm³/mol. The molecule has 138 valence electrons. The van der Waals surface area contributed by atoms with E-state index in [9.17, 15) is 4.79 Å². The van der Waals surface area contributed by atoms with Gasteiger partial charge >= 0.3 is 0 Å². The van der Waals surface area contributed by atoms with Crippen LogP contribution in [0.3, 0.4) is 0 Å². The Morgan fingerprint density at radius 1 is 1.15 bits per heavy atom. The Hall–Kier alpha value is -3.55. The van der Waals surface area contributed by atoms with Gasteiger partial charge in [0.2, 0.25) is 24.4 Å². The highest BCUT2D eigenvalue weighted by molar-refractivity contribution is 5.77. The van der Waals surface area contributed by atoms with Crippen molar-refractivity contribution < 1.29 is 23.5 Å². The molecule has 27 heavy (non-hydrogen) atoms. The summed E-state index contributed by atoms with van der Waals surface area (Å²) in [4.78, 5) is 16.4. The molecule has 0 saturated heterocycles. The van der Waals surface area contributed by atoms with Crippen LogP contribution < -0.4 is 19.5 Å². The average Bonchev–Trinajstić information content (AvgIpc) is 3.35. The normalized spacial score (nSPS) is 12.0. The third kappa shape index (κ3) is 3.84. The molecular weight excluding hydrogens is 350 g/mol. The molecule has 4 rings (SSSR count). The van der Waals surface area contributed by atoms with E-state index in [2.05, 4.69) is 15.5 Å². The molecule has 2 aromatic carbocycles. The van der Waals surface area contributed by atoms with Crippen molar-refractivity contribution in [2.75, 3.05) is 13.9 Å². The minimum absolute atomic E-state index is 0.00765. The minimum atomic E-state index is -0.211. The van der Waals surface area contributed by atoms with Crippen LogP contribution in [0, 0.1) is 0 Å². The number of carbonyl (C=O) groups is 1. The first-order valence-electron chi connectivity index (χ1n) is 8.33. The number of ether oxygens (including phenoxy) is 3. The summed E-state index contributed by atoms with van der Waals surface area (Å²) in [7, 11) is 1.60. The molecule has 0 saturated carbocycles. The van der Waals surface area contributed by atoms with Crippen LogP contribution in [0.2, 0.25) is 0 Å². The van der Waals surface area contributed by atoms with E-state index in [1.54, 1.807) is 7.11 Å². The SMILES string of the molecule is COc1ccc(-c2noc(CC(=O)NCc3ccc4c(c3)OCO4)n2)cc1. The van der Waals surface area contributed by atoms with Crippen molar-refractivity contribution in [3.8, 4) is 28.6 Å². The first-order valence-corrected chi connectivity index (χ1v) is 8.33. The van der Waals surface area contributed by atoms with Gasteiger partial charge in [0.1, 0.15) is 12.2 Å². The predicted octanol–water partition coefficient (Wildman–Crippen LogP) is 2.33. The lowest BCUT2D eigenvalue weighted by Gasteiger charge is -2.05. The second kappa shape index (κ2) is 7.36. The standard InChI is InChI=1S/C19H17N3O5/c1-24-14-5-3-13(4-6-14)19-21-18(27-22-19)9-17(23)20-10-12-2-7-15-16(8-12)26-11-25-15/h2-8H,9-11H2,1H3,(H,20,23). The van der Waals surface area contributed by atoms with Crippen molar-refractivity contribution in [2.45, 2.75) is 13.0 Å². The van der Waals surface area contributed by atoms with Crippen molar-refractivity contribution in [2.24, 2.45) is 0 Å². The molecule has 8 nitrogen and oxygen atoms in total. The summed E-state index contributed by atoms with van der Waals surface area (Å²) < 4.78 is 20.9. The third-order valence-electron chi connectivity index (χ3n) is 4.05. The molecule has 0 unspecified atom stereocenters. The van der Waals surface area contributed by atoms with Crippen molar-refractivity contribution in [3.63, 3.8) is 0 Å². The number of hydrogen-bond donors (Lipinski definition) is 1. The highest BCUT2D eigenvalue weighted by Gasteiger charge is 2.15. The summed E-state index contributed by atoms with van der Waals surface area (Å²) in [5.41, 5.74) is 1.70. The first kappa shape index (κ1) is 16.9. The number of aromatic nitrogens is 2. The van der Waals surface area contributed by atoms with Gasteiger partial charge in [-0.25, -0.2) is 0 Å². The average molecular weight is 367 g/mol. The Labute approximate surface area is 155 Å². The highest BCUT2D eigenvalue weighted by atomic mass is 16.7. The number of methoxy groups -OCH3 is 1. The van der Waals surface area contributed by atoms with E-state index < -0.39 is 0 Å². The van der Waals surface area contributed by atoms with Gasteiger partial charge in [-0.3, -0.25) is 4.79 Å². The van der Waals surface area contributed by atoms with E-state index in [1.165, 1.54) is 0 Å². The van der Waals surface area contributed by atoms with Gasteiger partial charge in [0.05, 0.1) is 7.11 Å². The van der Waals surface area contributed by atoms with Gasteiger partial charge in [-0.2, -0.15) is 4.98 Å². The van der Waals surface area contributed by atoms with Crippen LogP contribution in [0.5, 0.6) is 17.2 Å². The van der Waals surface area contributed by atoms with Crippen LogP contribution >= 0.6 is 0 Å². The molecule has 1 aliphatic heterocycles. The van der Waals surface area contributed by atoms with Crippen LogP contribution in [0.25, 0.3) is 11.4 Å². The molecule has 8 heteroatoms. The number of fused-ring (bicyclic) bond motifs is 1. The number of nitrogens with one attached hydrogen (secondary N) is 1. The van der Waals surface area contributed by atoms with Gasteiger partial charge in [0.15, 0.2) is 11.5 Å². The van der Waals surface area contributed by atoms with E-state index in [1.807, 2.05) is 42.5 Å². The Bertz CT molecular complexity index is 952. The fraction of sp³-hybridized carbons (Fsp3) is 0.211. The van der Waals surface area contributed by atoms with E-state index in [0.29, 0.717) is 23.9 Å². The Morgan fingerprint density at radius 3 is 2.78 bits per heavy atom. The van der Waals surface area contributed by atoms with Gasteiger partial charge in [0, 0.05) is 12.1 Å². The summed E-state index contributed by atoms with van der Waals surface area (Å²) in [6.07, 6.45) is 0.00765. The summed E-state index contributed by atoms with van der Waals surface area (Å²) in [5, 5.41) is 6.74. The summed E-state index contributed by atoms with van der Waals surface area (Å²) >= 11 is 0. The third-order valence-corrected chi connectivity index (χ3v) is 4.05. The van der Waals surface area contributed by atoms with E-state index in [0.717, 1.165) is 16.9 Å². The summed E-state index contributed by atoms with van der Waals surface area (Å²) in [6.45, 7) is 0.591. The van der Waals surface area contributed by atoms with Crippen LogP contribution in [0.15, 0.2) is 47.0 Å². The number of amides is 1. The molecule has 0 fully saturated rings. The Morgan fingerprint density at radius 2 is 1.96 bits per heavy atom. The number of carbonyl (C=O) groups excluding carboxylic acids is 1. The molecular formula is C19H17N3O5. The minimum Gasteiger partial charge on any atom is -0.497 e. The van der Waals surface area contributed by atoms with Crippen LogP contribution in [-0.4, -0.2) is 30.0 Å². The summed E-state index contributed by atoms with van der Waals surface area (Å²) in [6, 6.07) is 12.8. The fourth-order valence-electron chi connectivity index (χ4n) is 2.64. The molecule has 0 radical (unpaired) electrons. The highest BCUT2D eigenvalue weighted by Crippen LogP contribution is 2.32. The Kier molecular flexibility index (Phi) is 4.61. The quantitative estimate of drug-likeness (QED) is 0.714. The van der Waals surface area contributed by atoms with Crippen molar-refractivity contribution in [1.29, 1.82) is 0 Å². The largest absolute Gasteiger partial charge is 0.497 e. The van der Waals surface area contributed by atoms with Gasteiger partial charge < -0.3 is 24.1 Å². The van der Waals surface area contributed by atoms with Crippen molar-refractivity contribution in [3.05, 3.63) is 53.9 Å². The van der Waals surface area contributed by atoms with Gasteiger partial charge in [-0.05, 0) is 42.0 Å². The molecule has 0 bridgehead atoms. The molecule has 1 amide bonds. The van der Waals surface area contributed by atoms with Gasteiger partial charge in [-0.15, -0.1) is 0 Å². The second-order valence-electron chi connectivity index (χ2n) is 5.88.